The van der Waals surface area contributed by atoms with Crippen LogP contribution in [0.25, 0.3) is 0 Å². The lowest BCUT2D eigenvalue weighted by Gasteiger charge is -2.39. The molecule has 0 bridgehead atoms. The maximum atomic E-state index is 13.5. The van der Waals surface area contributed by atoms with Gasteiger partial charge in [0.15, 0.2) is 5.13 Å². The number of rotatable bonds is 9. The van der Waals surface area contributed by atoms with Crippen molar-refractivity contribution in [3.05, 3.63) is 89.2 Å². The Labute approximate surface area is 246 Å². The highest BCUT2D eigenvalue weighted by Gasteiger charge is 2.40. The Morgan fingerprint density at radius 2 is 1.93 bits per heavy atom. The molecule has 4 aromatic rings. The molecule has 2 amide bonds. The lowest BCUT2D eigenvalue weighted by molar-refractivity contribution is -0.141. The van der Waals surface area contributed by atoms with Crippen molar-refractivity contribution in [2.75, 3.05) is 29.9 Å². The highest BCUT2D eigenvalue weighted by atomic mass is 32.1. The molecule has 216 valence electrons. The van der Waals surface area contributed by atoms with Crippen LogP contribution in [0.5, 0.6) is 5.75 Å². The van der Waals surface area contributed by atoms with Crippen molar-refractivity contribution >= 4 is 34.0 Å². The van der Waals surface area contributed by atoms with E-state index in [9.17, 15) is 14.0 Å². The first-order chi connectivity index (χ1) is 20.5. The summed E-state index contributed by atoms with van der Waals surface area (Å²) in [5, 5.41) is 5.50. The number of carbonyl (C=O) groups is 2. The number of ether oxygens (including phenoxy) is 1. The van der Waals surface area contributed by atoms with Gasteiger partial charge in [0.05, 0.1) is 24.8 Å². The van der Waals surface area contributed by atoms with E-state index in [1.54, 1.807) is 29.0 Å². The number of thiazole rings is 1. The van der Waals surface area contributed by atoms with Gasteiger partial charge in [-0.2, -0.15) is 4.39 Å². The molecule has 3 fully saturated rings. The Balaban J connectivity index is 0.962. The van der Waals surface area contributed by atoms with Gasteiger partial charge in [0.2, 0.25) is 11.9 Å². The van der Waals surface area contributed by atoms with Gasteiger partial charge in [0.1, 0.15) is 17.5 Å². The maximum Gasteiger partial charge on any atom is 0.274 e. The van der Waals surface area contributed by atoms with Gasteiger partial charge in [-0.1, -0.05) is 0 Å². The van der Waals surface area contributed by atoms with E-state index >= 15 is 0 Å². The van der Waals surface area contributed by atoms with Crippen LogP contribution in [0.1, 0.15) is 53.5 Å². The molecule has 9 nitrogen and oxygen atoms in total. The van der Waals surface area contributed by atoms with Crippen LogP contribution in [0.4, 0.5) is 15.2 Å². The smallest absolute Gasteiger partial charge is 0.274 e. The molecule has 11 heteroatoms. The van der Waals surface area contributed by atoms with E-state index in [1.807, 2.05) is 22.4 Å². The average Bonchev–Trinajstić information content (AvgIpc) is 3.30. The van der Waals surface area contributed by atoms with Gasteiger partial charge < -0.3 is 19.1 Å². The van der Waals surface area contributed by atoms with Crippen LogP contribution in [-0.2, 0) is 11.3 Å². The Morgan fingerprint density at radius 1 is 1.10 bits per heavy atom. The molecule has 2 saturated heterocycles. The summed E-state index contributed by atoms with van der Waals surface area (Å²) < 4.78 is 21.4. The third kappa shape index (κ3) is 5.61. The number of hydrogen-bond donors (Lipinski definition) is 1. The van der Waals surface area contributed by atoms with Crippen molar-refractivity contribution in [2.45, 2.75) is 44.4 Å². The summed E-state index contributed by atoms with van der Waals surface area (Å²) in [5.74, 6) is 0.543. The molecule has 1 aromatic carbocycles. The van der Waals surface area contributed by atoms with Crippen molar-refractivity contribution in [1.29, 1.82) is 0 Å². The quantitative estimate of drug-likeness (QED) is 0.274. The molecule has 1 atom stereocenters. The Hall–Kier alpha value is -4.25. The molecule has 3 aromatic heterocycles. The summed E-state index contributed by atoms with van der Waals surface area (Å²) in [7, 11) is 0. The molecular weight excluding hydrogens is 555 g/mol. The summed E-state index contributed by atoms with van der Waals surface area (Å²) in [6.45, 7) is 2.63. The molecule has 42 heavy (non-hydrogen) atoms. The number of amides is 2. The van der Waals surface area contributed by atoms with Gasteiger partial charge in [-0.3, -0.25) is 14.9 Å². The van der Waals surface area contributed by atoms with E-state index in [1.165, 1.54) is 23.6 Å². The maximum absolute atomic E-state index is 13.5. The molecule has 3 aliphatic rings. The third-order valence-corrected chi connectivity index (χ3v) is 8.88. The van der Waals surface area contributed by atoms with E-state index in [-0.39, 0.29) is 29.9 Å². The number of halogens is 1. The standard InChI is InChI=1S/C31H31FN6O3S/c32-28-15-20(11-12-33-28)16-36-13-1-4-27(36)29(39)35-31-34-25(19-42-31)26-3-2-14-38(26)22-7-9-23(10-8-22)41-24-17-37(18-24)30(40)21-5-6-21/h1,4,7-13,15,19,21,24,26H,2-3,5-6,14,16-18H2,(H,34,35,39)/t26-/m1/s1. The van der Waals surface area contributed by atoms with Crippen molar-refractivity contribution < 1.29 is 18.7 Å². The topological polar surface area (TPSA) is 92.6 Å². The van der Waals surface area contributed by atoms with E-state index in [0.717, 1.165) is 54.9 Å². The average molecular weight is 587 g/mol. The minimum absolute atomic E-state index is 0.0585. The van der Waals surface area contributed by atoms with Crippen molar-refractivity contribution in [2.24, 2.45) is 5.92 Å². The van der Waals surface area contributed by atoms with Crippen LogP contribution in [0.3, 0.4) is 0 Å². The lowest BCUT2D eigenvalue weighted by Crippen LogP contribution is -2.56. The van der Waals surface area contributed by atoms with Crippen molar-refractivity contribution in [3.8, 4) is 5.75 Å². The second-order valence-electron chi connectivity index (χ2n) is 11.1. The second kappa shape index (κ2) is 11.2. The number of hydrogen-bond acceptors (Lipinski definition) is 7. The zero-order chi connectivity index (χ0) is 28.6. The summed E-state index contributed by atoms with van der Waals surface area (Å²) in [6.07, 6.45) is 7.37. The fourth-order valence-electron chi connectivity index (χ4n) is 5.73. The van der Waals surface area contributed by atoms with E-state index in [0.29, 0.717) is 30.5 Å². The van der Waals surface area contributed by atoms with Gasteiger partial charge in [-0.15, -0.1) is 11.3 Å². The molecule has 2 aliphatic heterocycles. The van der Waals surface area contributed by atoms with E-state index < -0.39 is 5.95 Å². The minimum atomic E-state index is -0.547. The van der Waals surface area contributed by atoms with Crippen molar-refractivity contribution in [3.63, 3.8) is 0 Å². The summed E-state index contributed by atoms with van der Waals surface area (Å²) in [4.78, 5) is 37.9. The minimum Gasteiger partial charge on any atom is -0.487 e. The van der Waals surface area contributed by atoms with Gasteiger partial charge in [0.25, 0.3) is 5.91 Å². The molecule has 1 aliphatic carbocycles. The highest BCUT2D eigenvalue weighted by Crippen LogP contribution is 2.38. The summed E-state index contributed by atoms with van der Waals surface area (Å²) in [6, 6.07) is 14.9. The molecule has 0 spiro atoms. The van der Waals surface area contributed by atoms with Gasteiger partial charge in [-0.05, 0) is 79.8 Å². The van der Waals surface area contributed by atoms with Gasteiger partial charge >= 0.3 is 0 Å². The summed E-state index contributed by atoms with van der Waals surface area (Å²) >= 11 is 1.41. The Morgan fingerprint density at radius 3 is 2.71 bits per heavy atom. The van der Waals surface area contributed by atoms with E-state index in [4.69, 9.17) is 9.72 Å². The zero-order valence-corrected chi connectivity index (χ0v) is 23.8. The molecule has 1 N–H and O–H groups in total. The zero-order valence-electron chi connectivity index (χ0n) is 23.0. The number of benzene rings is 1. The van der Waals surface area contributed by atoms with Gasteiger partial charge in [-0.25, -0.2) is 9.97 Å². The summed E-state index contributed by atoms with van der Waals surface area (Å²) in [5.41, 5.74) is 3.23. The highest BCUT2D eigenvalue weighted by molar-refractivity contribution is 7.14. The third-order valence-electron chi connectivity index (χ3n) is 8.10. The Bertz CT molecular complexity index is 1590. The molecule has 1 saturated carbocycles. The molecular formula is C31H31FN6O3S. The predicted molar refractivity (Wildman–Crippen MR) is 157 cm³/mol. The van der Waals surface area contributed by atoms with Crippen LogP contribution in [-0.4, -0.2) is 57.0 Å². The first-order valence-electron chi connectivity index (χ1n) is 14.3. The first kappa shape index (κ1) is 26.6. The van der Waals surface area contributed by atoms with Gasteiger partial charge in [0, 0.05) is 42.5 Å². The number of nitrogens with zero attached hydrogens (tertiary/aromatic N) is 5. The number of aromatic nitrogens is 3. The van der Waals surface area contributed by atoms with Crippen molar-refractivity contribution in [1.82, 2.24) is 19.4 Å². The molecule has 5 heterocycles. The van der Waals surface area contributed by atoms with Crippen LogP contribution in [0, 0.1) is 11.9 Å². The number of nitrogens with one attached hydrogen (secondary N) is 1. The Kier molecular flexibility index (Phi) is 7.10. The number of carbonyl (C=O) groups excluding carboxylic acids is 2. The van der Waals surface area contributed by atoms with Crippen LogP contribution >= 0.6 is 11.3 Å². The first-order valence-corrected chi connectivity index (χ1v) is 15.2. The van der Waals surface area contributed by atoms with Crippen LogP contribution in [0.15, 0.2) is 66.3 Å². The fraction of sp³-hybridized carbons (Fsp3) is 0.355. The van der Waals surface area contributed by atoms with Crippen LogP contribution < -0.4 is 15.0 Å². The monoisotopic (exact) mass is 586 g/mol. The normalized spacial score (nSPS) is 18.6. The SMILES string of the molecule is O=C(Nc1nc([C@H]2CCCN2c2ccc(OC3CN(C(=O)C4CC4)C3)cc2)cs1)c1cccn1Cc1ccnc(F)c1. The number of pyridine rings is 1. The largest absolute Gasteiger partial charge is 0.487 e. The van der Waals surface area contributed by atoms with Crippen LogP contribution in [0.2, 0.25) is 0 Å². The second-order valence-corrected chi connectivity index (χ2v) is 12.0. The molecule has 0 unspecified atom stereocenters. The molecule has 7 rings (SSSR count). The van der Waals surface area contributed by atoms with E-state index in [2.05, 4.69) is 27.3 Å². The molecule has 0 radical (unpaired) electrons. The number of anilines is 2. The fourth-order valence-corrected chi connectivity index (χ4v) is 6.48. The number of likely N-dealkylation sites (tertiary alicyclic amines) is 1. The predicted octanol–water partition coefficient (Wildman–Crippen LogP) is 5.12. The lowest BCUT2D eigenvalue weighted by atomic mass is 10.1.